The van der Waals surface area contributed by atoms with Crippen LogP contribution in [0.3, 0.4) is 0 Å². The molecular formula is C10H12N2O2. The molecule has 14 heavy (non-hydrogen) atoms. The maximum Gasteiger partial charge on any atom is 0.140 e. The molecular weight excluding hydrogens is 180 g/mol. The molecule has 4 nitrogen and oxygen atoms in total. The van der Waals surface area contributed by atoms with E-state index >= 15 is 0 Å². The zero-order valence-corrected chi connectivity index (χ0v) is 8.01. The van der Waals surface area contributed by atoms with E-state index in [0.717, 1.165) is 10.9 Å². The summed E-state index contributed by atoms with van der Waals surface area (Å²) in [5, 5.41) is 5.18. The van der Waals surface area contributed by atoms with Gasteiger partial charge in [0.1, 0.15) is 12.1 Å². The van der Waals surface area contributed by atoms with Gasteiger partial charge < -0.3 is 9.57 Å². The normalized spacial score (nSPS) is 10.6. The zero-order chi connectivity index (χ0) is 9.80. The van der Waals surface area contributed by atoms with E-state index in [9.17, 15) is 0 Å². The number of ether oxygens (including phenoxy) is 1. The van der Waals surface area contributed by atoms with E-state index in [2.05, 4.69) is 5.10 Å². The van der Waals surface area contributed by atoms with Gasteiger partial charge in [-0.25, -0.2) is 0 Å². The summed E-state index contributed by atoms with van der Waals surface area (Å²) in [6.45, 7) is 1.07. The molecule has 0 bridgehead atoms. The lowest BCUT2D eigenvalue weighted by Crippen LogP contribution is -2.17. The van der Waals surface area contributed by atoms with Crippen molar-refractivity contribution in [2.45, 2.75) is 0 Å². The summed E-state index contributed by atoms with van der Waals surface area (Å²) in [6.07, 6.45) is 1.78. The van der Waals surface area contributed by atoms with Crippen LogP contribution < -0.4 is 4.84 Å². The van der Waals surface area contributed by atoms with Gasteiger partial charge in [0.15, 0.2) is 0 Å². The Bertz CT molecular complexity index is 411. The number of fused-ring (bicyclic) bond motifs is 1. The summed E-state index contributed by atoms with van der Waals surface area (Å²) in [5.41, 5.74) is 0.976. The summed E-state index contributed by atoms with van der Waals surface area (Å²) < 4.78 is 4.89. The topological polar surface area (TPSA) is 36.3 Å². The lowest BCUT2D eigenvalue weighted by Gasteiger charge is -2.04. The number of rotatable bonds is 4. The molecule has 0 unspecified atom stereocenters. The molecule has 0 N–H and O–H groups in total. The highest BCUT2D eigenvalue weighted by molar-refractivity contribution is 5.77. The van der Waals surface area contributed by atoms with Gasteiger partial charge in [0, 0.05) is 12.5 Å². The van der Waals surface area contributed by atoms with Gasteiger partial charge in [0.05, 0.1) is 12.8 Å². The number of benzene rings is 1. The minimum absolute atomic E-state index is 0.502. The van der Waals surface area contributed by atoms with Crippen LogP contribution in [0.25, 0.3) is 10.9 Å². The zero-order valence-electron chi connectivity index (χ0n) is 8.01. The van der Waals surface area contributed by atoms with Gasteiger partial charge in [-0.3, -0.25) is 0 Å². The molecule has 0 aliphatic heterocycles. The SMILES string of the molecule is COCCOn1ncc2ccccc21. The van der Waals surface area contributed by atoms with Crippen LogP contribution in [0.1, 0.15) is 0 Å². The molecule has 0 radical (unpaired) electrons. The molecule has 4 heteroatoms. The van der Waals surface area contributed by atoms with Crippen LogP contribution in [0.5, 0.6) is 0 Å². The average Bonchev–Trinajstić information content (AvgIpc) is 2.63. The van der Waals surface area contributed by atoms with Crippen LogP contribution in [0, 0.1) is 0 Å². The van der Waals surface area contributed by atoms with Crippen molar-refractivity contribution < 1.29 is 9.57 Å². The fraction of sp³-hybridized carbons (Fsp3) is 0.300. The smallest absolute Gasteiger partial charge is 0.140 e. The number of hydrogen-bond donors (Lipinski definition) is 0. The van der Waals surface area contributed by atoms with Crippen LogP contribution >= 0.6 is 0 Å². The molecule has 1 aromatic carbocycles. The third kappa shape index (κ3) is 1.70. The van der Waals surface area contributed by atoms with Gasteiger partial charge in [0.25, 0.3) is 0 Å². The van der Waals surface area contributed by atoms with Crippen molar-refractivity contribution in [3.63, 3.8) is 0 Å². The maximum absolute atomic E-state index is 5.38. The highest BCUT2D eigenvalue weighted by Crippen LogP contribution is 2.10. The van der Waals surface area contributed by atoms with Gasteiger partial charge in [-0.1, -0.05) is 23.0 Å². The maximum atomic E-state index is 5.38. The van der Waals surface area contributed by atoms with Gasteiger partial charge >= 0.3 is 0 Å². The quantitative estimate of drug-likeness (QED) is 0.681. The Morgan fingerprint density at radius 3 is 3.00 bits per heavy atom. The molecule has 0 saturated carbocycles. The predicted molar refractivity (Wildman–Crippen MR) is 53.1 cm³/mol. The monoisotopic (exact) mass is 192 g/mol. The Balaban J connectivity index is 2.17. The minimum Gasteiger partial charge on any atom is -0.394 e. The van der Waals surface area contributed by atoms with Crippen molar-refractivity contribution in [2.75, 3.05) is 20.3 Å². The standard InChI is InChI=1S/C10H12N2O2/c1-13-6-7-14-12-10-5-3-2-4-9(10)8-11-12/h2-5,8H,6-7H2,1H3. The fourth-order valence-corrected chi connectivity index (χ4v) is 1.26. The Morgan fingerprint density at radius 1 is 1.29 bits per heavy atom. The lowest BCUT2D eigenvalue weighted by atomic mass is 10.3. The van der Waals surface area contributed by atoms with E-state index in [1.54, 1.807) is 13.3 Å². The molecule has 0 saturated heterocycles. The van der Waals surface area contributed by atoms with E-state index in [1.165, 1.54) is 4.85 Å². The number of methoxy groups -OCH3 is 1. The highest BCUT2D eigenvalue weighted by Gasteiger charge is 2.00. The van der Waals surface area contributed by atoms with Crippen molar-refractivity contribution in [3.05, 3.63) is 30.5 Å². The highest BCUT2D eigenvalue weighted by atomic mass is 16.7. The van der Waals surface area contributed by atoms with Crippen molar-refractivity contribution in [1.29, 1.82) is 0 Å². The van der Waals surface area contributed by atoms with Crippen molar-refractivity contribution in [3.8, 4) is 0 Å². The third-order valence-corrected chi connectivity index (χ3v) is 1.95. The third-order valence-electron chi connectivity index (χ3n) is 1.95. The number of aromatic nitrogens is 2. The first-order chi connectivity index (χ1) is 6.92. The molecule has 0 fully saturated rings. The predicted octanol–water partition coefficient (Wildman–Crippen LogP) is 1.11. The second kappa shape index (κ2) is 4.11. The van der Waals surface area contributed by atoms with E-state index in [-0.39, 0.29) is 0 Å². The van der Waals surface area contributed by atoms with Crippen LogP contribution in [-0.4, -0.2) is 30.3 Å². The number of nitrogens with zero attached hydrogens (tertiary/aromatic N) is 2. The van der Waals surface area contributed by atoms with E-state index in [1.807, 2.05) is 24.3 Å². The summed E-state index contributed by atoms with van der Waals surface area (Å²) in [4.78, 5) is 6.90. The first-order valence-corrected chi connectivity index (χ1v) is 4.47. The Kier molecular flexibility index (Phi) is 2.65. The van der Waals surface area contributed by atoms with Crippen molar-refractivity contribution in [1.82, 2.24) is 9.94 Å². The second-order valence-corrected chi connectivity index (χ2v) is 2.90. The van der Waals surface area contributed by atoms with Gasteiger partial charge in [-0.15, -0.1) is 5.10 Å². The molecule has 0 amide bonds. The van der Waals surface area contributed by atoms with E-state index < -0.39 is 0 Å². The van der Waals surface area contributed by atoms with Crippen LogP contribution in [-0.2, 0) is 4.74 Å². The minimum atomic E-state index is 0.502. The first-order valence-electron chi connectivity index (χ1n) is 4.47. The number of hydrogen-bond acceptors (Lipinski definition) is 3. The van der Waals surface area contributed by atoms with Crippen LogP contribution in [0.4, 0.5) is 0 Å². The Hall–Kier alpha value is -1.55. The van der Waals surface area contributed by atoms with Gasteiger partial charge in [-0.2, -0.15) is 0 Å². The van der Waals surface area contributed by atoms with Crippen molar-refractivity contribution >= 4 is 10.9 Å². The Labute approximate surface area is 82.0 Å². The second-order valence-electron chi connectivity index (χ2n) is 2.90. The molecule has 0 aliphatic carbocycles. The average molecular weight is 192 g/mol. The molecule has 2 aromatic rings. The summed E-state index contributed by atoms with van der Waals surface area (Å²) in [5.74, 6) is 0. The largest absolute Gasteiger partial charge is 0.394 e. The molecule has 0 spiro atoms. The molecule has 0 atom stereocenters. The summed E-state index contributed by atoms with van der Waals surface area (Å²) in [7, 11) is 1.64. The lowest BCUT2D eigenvalue weighted by molar-refractivity contribution is 0.0462. The number of para-hydroxylation sites is 1. The van der Waals surface area contributed by atoms with Crippen LogP contribution in [0.2, 0.25) is 0 Å². The summed E-state index contributed by atoms with van der Waals surface area (Å²) in [6, 6.07) is 7.90. The molecule has 0 aliphatic rings. The summed E-state index contributed by atoms with van der Waals surface area (Å²) >= 11 is 0. The first kappa shape index (κ1) is 9.02. The fourth-order valence-electron chi connectivity index (χ4n) is 1.26. The molecule has 1 heterocycles. The Morgan fingerprint density at radius 2 is 2.14 bits per heavy atom. The molecule has 2 rings (SSSR count). The van der Waals surface area contributed by atoms with Gasteiger partial charge in [0.2, 0.25) is 0 Å². The molecule has 74 valence electrons. The van der Waals surface area contributed by atoms with Gasteiger partial charge in [-0.05, 0) is 6.07 Å². The van der Waals surface area contributed by atoms with E-state index in [0.29, 0.717) is 13.2 Å². The van der Waals surface area contributed by atoms with Crippen LogP contribution in [0.15, 0.2) is 30.5 Å². The van der Waals surface area contributed by atoms with Crippen molar-refractivity contribution in [2.24, 2.45) is 0 Å². The van der Waals surface area contributed by atoms with E-state index in [4.69, 9.17) is 9.57 Å². The molecule has 1 aromatic heterocycles.